The van der Waals surface area contributed by atoms with Gasteiger partial charge in [-0.05, 0) is 5.92 Å². The maximum absolute atomic E-state index is 11.0. The highest BCUT2D eigenvalue weighted by atomic mass is 16.8. The summed E-state index contributed by atoms with van der Waals surface area (Å²) in [5.74, 6) is -0.856. The van der Waals surface area contributed by atoms with Gasteiger partial charge in [0.2, 0.25) is 0 Å². The molecule has 0 aliphatic carbocycles. The van der Waals surface area contributed by atoms with Crippen LogP contribution < -0.4 is 0 Å². The van der Waals surface area contributed by atoms with E-state index in [0.29, 0.717) is 5.06 Å². The summed E-state index contributed by atoms with van der Waals surface area (Å²) in [5, 5.41) is 0.461. The summed E-state index contributed by atoms with van der Waals surface area (Å²) in [5.41, 5.74) is 0. The number of nitrogens with zero attached hydrogens (tertiary/aromatic N) is 1. The van der Waals surface area contributed by atoms with E-state index < -0.39 is 18.0 Å². The molecule has 0 aromatic heterocycles. The number of carbonyl (C=O) groups excluding carboxylic acids is 3. The van der Waals surface area contributed by atoms with Crippen LogP contribution in [0.5, 0.6) is 0 Å². The molecule has 2 amide bonds. The molecule has 0 saturated carbocycles. The summed E-state index contributed by atoms with van der Waals surface area (Å²) < 4.78 is 4.65. The van der Waals surface area contributed by atoms with Crippen LogP contribution in [0.15, 0.2) is 0 Å². The Balaban J connectivity index is 2.37. The van der Waals surface area contributed by atoms with Crippen molar-refractivity contribution in [1.82, 2.24) is 5.06 Å². The Morgan fingerprint density at radius 1 is 1.33 bits per heavy atom. The van der Waals surface area contributed by atoms with Gasteiger partial charge >= 0.3 is 6.16 Å². The van der Waals surface area contributed by atoms with Gasteiger partial charge in [0, 0.05) is 12.8 Å². The minimum Gasteiger partial charge on any atom is -0.432 e. The molecule has 1 aliphatic rings. The van der Waals surface area contributed by atoms with Gasteiger partial charge in [-0.3, -0.25) is 14.4 Å². The maximum Gasteiger partial charge on any atom is 0.533 e. The molecule has 6 nitrogen and oxygen atoms in total. The van der Waals surface area contributed by atoms with Crippen molar-refractivity contribution < 1.29 is 24.0 Å². The van der Waals surface area contributed by atoms with Crippen LogP contribution >= 0.6 is 0 Å². The van der Waals surface area contributed by atoms with Gasteiger partial charge < -0.3 is 4.74 Å². The third kappa shape index (κ3) is 3.23. The standard InChI is InChI=1S/C9H13NO5/c1-6(2)5-14-9(13)15-10-7(11)3-4-8(10)12/h6H,3-5H2,1-2H3. The number of carbonyl (C=O) groups is 3. The van der Waals surface area contributed by atoms with Gasteiger partial charge in [0.25, 0.3) is 11.8 Å². The lowest BCUT2D eigenvalue weighted by atomic mass is 10.2. The normalized spacial score (nSPS) is 16.1. The fourth-order valence-electron chi connectivity index (χ4n) is 0.993. The van der Waals surface area contributed by atoms with Crippen LogP contribution in [-0.4, -0.2) is 29.6 Å². The average Bonchev–Trinajstić information content (AvgIpc) is 2.46. The predicted octanol–water partition coefficient (Wildman–Crippen LogP) is 0.860. The molecule has 1 saturated heterocycles. The average molecular weight is 215 g/mol. The van der Waals surface area contributed by atoms with Crippen LogP contribution in [0.2, 0.25) is 0 Å². The quantitative estimate of drug-likeness (QED) is 0.515. The first-order valence-corrected chi connectivity index (χ1v) is 4.71. The van der Waals surface area contributed by atoms with E-state index in [9.17, 15) is 14.4 Å². The number of imide groups is 1. The van der Waals surface area contributed by atoms with E-state index in [2.05, 4.69) is 9.57 Å². The third-order valence-electron chi connectivity index (χ3n) is 1.71. The first-order chi connectivity index (χ1) is 7.00. The summed E-state index contributed by atoms with van der Waals surface area (Å²) in [6, 6.07) is 0. The van der Waals surface area contributed by atoms with Gasteiger partial charge in [0.05, 0.1) is 6.61 Å². The van der Waals surface area contributed by atoms with Gasteiger partial charge in [-0.2, -0.15) is 0 Å². The molecule has 1 heterocycles. The number of hydroxylamine groups is 2. The van der Waals surface area contributed by atoms with E-state index in [1.807, 2.05) is 13.8 Å². The first-order valence-electron chi connectivity index (χ1n) is 4.71. The van der Waals surface area contributed by atoms with E-state index >= 15 is 0 Å². The summed E-state index contributed by atoms with van der Waals surface area (Å²) in [6.07, 6.45) is -0.862. The molecule has 0 aromatic rings. The Labute approximate surface area is 87.1 Å². The molecular formula is C9H13NO5. The van der Waals surface area contributed by atoms with Crippen LogP contribution in [0, 0.1) is 5.92 Å². The number of hydrogen-bond acceptors (Lipinski definition) is 5. The van der Waals surface area contributed by atoms with Crippen molar-refractivity contribution in [2.75, 3.05) is 6.61 Å². The minimum absolute atomic E-state index is 0.0797. The molecule has 0 radical (unpaired) electrons. The maximum atomic E-state index is 11.0. The molecule has 0 N–H and O–H groups in total. The summed E-state index contributed by atoms with van der Waals surface area (Å²) >= 11 is 0. The number of hydrogen-bond donors (Lipinski definition) is 0. The SMILES string of the molecule is CC(C)COC(=O)ON1C(=O)CCC1=O. The van der Waals surface area contributed by atoms with Crippen molar-refractivity contribution in [2.45, 2.75) is 26.7 Å². The van der Waals surface area contributed by atoms with E-state index in [0.717, 1.165) is 0 Å². The van der Waals surface area contributed by atoms with Crippen LogP contribution in [-0.2, 0) is 19.2 Å². The molecule has 1 rings (SSSR count). The summed E-state index contributed by atoms with van der Waals surface area (Å²) in [7, 11) is 0. The summed E-state index contributed by atoms with van der Waals surface area (Å²) in [4.78, 5) is 37.5. The summed E-state index contributed by atoms with van der Waals surface area (Å²) in [6.45, 7) is 3.91. The highest BCUT2D eigenvalue weighted by molar-refractivity contribution is 6.01. The molecule has 0 spiro atoms. The van der Waals surface area contributed by atoms with Gasteiger partial charge in [-0.25, -0.2) is 4.79 Å². The van der Waals surface area contributed by atoms with Crippen molar-refractivity contribution in [3.05, 3.63) is 0 Å². The van der Waals surface area contributed by atoms with Crippen molar-refractivity contribution in [3.8, 4) is 0 Å². The predicted molar refractivity (Wildman–Crippen MR) is 48.4 cm³/mol. The smallest absolute Gasteiger partial charge is 0.432 e. The lowest BCUT2D eigenvalue weighted by Crippen LogP contribution is -2.32. The monoisotopic (exact) mass is 215 g/mol. The van der Waals surface area contributed by atoms with Crippen LogP contribution in [0.3, 0.4) is 0 Å². The second-order valence-electron chi connectivity index (χ2n) is 3.63. The number of amides is 2. The fourth-order valence-corrected chi connectivity index (χ4v) is 0.993. The molecule has 15 heavy (non-hydrogen) atoms. The molecule has 1 aliphatic heterocycles. The van der Waals surface area contributed by atoms with E-state index in [1.54, 1.807) is 0 Å². The Morgan fingerprint density at radius 2 is 1.87 bits per heavy atom. The van der Waals surface area contributed by atoms with E-state index in [-0.39, 0.29) is 25.4 Å². The zero-order valence-corrected chi connectivity index (χ0v) is 8.69. The second kappa shape index (κ2) is 4.77. The second-order valence-corrected chi connectivity index (χ2v) is 3.63. The van der Waals surface area contributed by atoms with Gasteiger partial charge in [0.15, 0.2) is 0 Å². The van der Waals surface area contributed by atoms with Crippen LogP contribution in [0.25, 0.3) is 0 Å². The van der Waals surface area contributed by atoms with Gasteiger partial charge in [-0.1, -0.05) is 18.9 Å². The van der Waals surface area contributed by atoms with Gasteiger partial charge in [0.1, 0.15) is 0 Å². The fraction of sp³-hybridized carbons (Fsp3) is 0.667. The Kier molecular flexibility index (Phi) is 3.65. The van der Waals surface area contributed by atoms with Gasteiger partial charge in [-0.15, -0.1) is 0 Å². The highest BCUT2D eigenvalue weighted by Gasteiger charge is 2.33. The van der Waals surface area contributed by atoms with E-state index in [4.69, 9.17) is 0 Å². The Bertz CT molecular complexity index is 270. The molecule has 0 bridgehead atoms. The molecule has 6 heteroatoms. The lowest BCUT2D eigenvalue weighted by Gasteiger charge is -2.12. The largest absolute Gasteiger partial charge is 0.533 e. The molecule has 0 atom stereocenters. The topological polar surface area (TPSA) is 72.9 Å². The number of rotatable bonds is 3. The van der Waals surface area contributed by atoms with Crippen molar-refractivity contribution in [2.24, 2.45) is 5.92 Å². The van der Waals surface area contributed by atoms with Crippen LogP contribution in [0.1, 0.15) is 26.7 Å². The number of ether oxygens (including phenoxy) is 1. The zero-order chi connectivity index (χ0) is 11.4. The molecule has 0 aromatic carbocycles. The third-order valence-corrected chi connectivity index (χ3v) is 1.71. The minimum atomic E-state index is -1.02. The van der Waals surface area contributed by atoms with Crippen molar-refractivity contribution >= 4 is 18.0 Å². The highest BCUT2D eigenvalue weighted by Crippen LogP contribution is 2.12. The molecule has 84 valence electrons. The van der Waals surface area contributed by atoms with Crippen molar-refractivity contribution in [1.29, 1.82) is 0 Å². The van der Waals surface area contributed by atoms with Crippen molar-refractivity contribution in [3.63, 3.8) is 0 Å². The molecule has 1 fully saturated rings. The lowest BCUT2D eigenvalue weighted by molar-refractivity contribution is -0.177. The molecule has 0 unspecified atom stereocenters. The van der Waals surface area contributed by atoms with Crippen LogP contribution in [0.4, 0.5) is 4.79 Å². The Morgan fingerprint density at radius 3 is 2.33 bits per heavy atom. The van der Waals surface area contributed by atoms with E-state index in [1.165, 1.54) is 0 Å². The zero-order valence-electron chi connectivity index (χ0n) is 8.69. The Hall–Kier alpha value is -1.59. The first kappa shape index (κ1) is 11.5. The molecular weight excluding hydrogens is 202 g/mol.